The lowest BCUT2D eigenvalue weighted by Gasteiger charge is -2.12. The molecule has 0 unspecified atom stereocenters. The first kappa shape index (κ1) is 14.4. The average molecular weight is 253 g/mol. The van der Waals surface area contributed by atoms with Crippen LogP contribution < -0.4 is 10.1 Å². The third-order valence-corrected chi connectivity index (χ3v) is 3.23. The molecule has 0 aliphatic rings. The van der Waals surface area contributed by atoms with Crippen LogP contribution in [0.3, 0.4) is 0 Å². The molecule has 0 atom stereocenters. The molecule has 1 N–H and O–H groups in total. The normalized spacial score (nSPS) is 10.5. The fourth-order valence-electron chi connectivity index (χ4n) is 1.63. The molecule has 0 radical (unpaired) electrons. The standard InChI is InChI=1S/C14H23NOS/c1-4-15-11-13-10-12(2)6-7-14(13)16-8-5-9-17-3/h6-7,10,15H,4-5,8-9,11H2,1-3H3. The molecule has 96 valence electrons. The van der Waals surface area contributed by atoms with Crippen LogP contribution in [0.5, 0.6) is 5.75 Å². The molecule has 0 heterocycles. The lowest BCUT2D eigenvalue weighted by molar-refractivity contribution is 0.314. The van der Waals surface area contributed by atoms with Gasteiger partial charge in [0, 0.05) is 12.1 Å². The van der Waals surface area contributed by atoms with Crippen molar-refractivity contribution < 1.29 is 4.74 Å². The zero-order chi connectivity index (χ0) is 12.5. The molecule has 2 nitrogen and oxygen atoms in total. The second-order valence-corrected chi connectivity index (χ2v) is 5.07. The highest BCUT2D eigenvalue weighted by Crippen LogP contribution is 2.20. The summed E-state index contributed by atoms with van der Waals surface area (Å²) in [6, 6.07) is 6.40. The zero-order valence-corrected chi connectivity index (χ0v) is 11.9. The molecule has 17 heavy (non-hydrogen) atoms. The van der Waals surface area contributed by atoms with Gasteiger partial charge in [-0.05, 0) is 38.0 Å². The third kappa shape index (κ3) is 5.46. The van der Waals surface area contributed by atoms with E-state index in [1.807, 2.05) is 11.8 Å². The summed E-state index contributed by atoms with van der Waals surface area (Å²) < 4.78 is 5.84. The van der Waals surface area contributed by atoms with Gasteiger partial charge in [-0.25, -0.2) is 0 Å². The van der Waals surface area contributed by atoms with Gasteiger partial charge in [-0.15, -0.1) is 0 Å². The first-order valence-corrected chi connectivity index (χ1v) is 7.59. The van der Waals surface area contributed by atoms with Crippen molar-refractivity contribution in [1.82, 2.24) is 5.32 Å². The van der Waals surface area contributed by atoms with Crippen molar-refractivity contribution in [1.29, 1.82) is 0 Å². The highest BCUT2D eigenvalue weighted by Gasteiger charge is 2.03. The SMILES string of the molecule is CCNCc1cc(C)ccc1OCCCSC. The molecule has 0 aliphatic carbocycles. The summed E-state index contributed by atoms with van der Waals surface area (Å²) in [5.41, 5.74) is 2.55. The zero-order valence-electron chi connectivity index (χ0n) is 11.1. The number of aryl methyl sites for hydroxylation is 1. The van der Waals surface area contributed by atoms with Crippen LogP contribution in [-0.4, -0.2) is 25.2 Å². The number of ether oxygens (including phenoxy) is 1. The Kier molecular flexibility index (Phi) is 7.13. The monoisotopic (exact) mass is 253 g/mol. The third-order valence-electron chi connectivity index (χ3n) is 2.53. The van der Waals surface area contributed by atoms with Crippen molar-refractivity contribution >= 4 is 11.8 Å². The van der Waals surface area contributed by atoms with E-state index in [4.69, 9.17) is 4.74 Å². The Labute approximate surface area is 109 Å². The molecule has 0 saturated carbocycles. The van der Waals surface area contributed by atoms with E-state index in [2.05, 4.69) is 43.6 Å². The van der Waals surface area contributed by atoms with Crippen LogP contribution in [0.4, 0.5) is 0 Å². The van der Waals surface area contributed by atoms with Crippen molar-refractivity contribution in [2.24, 2.45) is 0 Å². The number of hydrogen-bond donors (Lipinski definition) is 1. The highest BCUT2D eigenvalue weighted by atomic mass is 32.2. The van der Waals surface area contributed by atoms with Crippen molar-refractivity contribution in [2.45, 2.75) is 26.8 Å². The van der Waals surface area contributed by atoms with Gasteiger partial charge in [-0.3, -0.25) is 0 Å². The largest absolute Gasteiger partial charge is 0.493 e. The Morgan fingerprint density at radius 2 is 2.18 bits per heavy atom. The van der Waals surface area contributed by atoms with E-state index in [9.17, 15) is 0 Å². The van der Waals surface area contributed by atoms with Crippen LogP contribution >= 0.6 is 11.8 Å². The number of benzene rings is 1. The number of hydrogen-bond acceptors (Lipinski definition) is 3. The Morgan fingerprint density at radius 3 is 2.88 bits per heavy atom. The molecule has 0 amide bonds. The average Bonchev–Trinajstić information content (AvgIpc) is 2.34. The van der Waals surface area contributed by atoms with Gasteiger partial charge in [0.1, 0.15) is 5.75 Å². The van der Waals surface area contributed by atoms with Crippen LogP contribution in [-0.2, 0) is 6.54 Å². The van der Waals surface area contributed by atoms with Crippen LogP contribution in [0.1, 0.15) is 24.5 Å². The van der Waals surface area contributed by atoms with E-state index in [-0.39, 0.29) is 0 Å². The summed E-state index contributed by atoms with van der Waals surface area (Å²) in [5, 5.41) is 3.35. The van der Waals surface area contributed by atoms with Crippen molar-refractivity contribution in [3.05, 3.63) is 29.3 Å². The maximum atomic E-state index is 5.84. The van der Waals surface area contributed by atoms with Crippen molar-refractivity contribution in [3.63, 3.8) is 0 Å². The van der Waals surface area contributed by atoms with E-state index in [0.29, 0.717) is 0 Å². The lowest BCUT2D eigenvalue weighted by Crippen LogP contribution is -2.13. The predicted molar refractivity (Wildman–Crippen MR) is 77.1 cm³/mol. The van der Waals surface area contributed by atoms with Gasteiger partial charge < -0.3 is 10.1 Å². The maximum Gasteiger partial charge on any atom is 0.123 e. The Bertz CT molecular complexity index is 328. The molecule has 1 aromatic rings. The van der Waals surface area contributed by atoms with Crippen LogP contribution in [0.15, 0.2) is 18.2 Å². The van der Waals surface area contributed by atoms with Gasteiger partial charge in [0.15, 0.2) is 0 Å². The van der Waals surface area contributed by atoms with E-state index in [0.717, 1.165) is 37.6 Å². The second-order valence-electron chi connectivity index (χ2n) is 4.09. The molecule has 0 fully saturated rings. The Balaban J connectivity index is 2.55. The number of rotatable bonds is 8. The van der Waals surface area contributed by atoms with E-state index >= 15 is 0 Å². The fourth-order valence-corrected chi connectivity index (χ4v) is 2.04. The molecule has 0 saturated heterocycles. The summed E-state index contributed by atoms with van der Waals surface area (Å²) in [4.78, 5) is 0. The number of nitrogens with one attached hydrogen (secondary N) is 1. The summed E-state index contributed by atoms with van der Waals surface area (Å²) >= 11 is 1.86. The Morgan fingerprint density at radius 1 is 1.35 bits per heavy atom. The minimum atomic E-state index is 0.809. The maximum absolute atomic E-state index is 5.84. The first-order chi connectivity index (χ1) is 8.27. The molecule has 1 aromatic carbocycles. The van der Waals surface area contributed by atoms with Gasteiger partial charge in [0.05, 0.1) is 6.61 Å². The topological polar surface area (TPSA) is 21.3 Å². The van der Waals surface area contributed by atoms with E-state index in [1.165, 1.54) is 11.1 Å². The minimum absolute atomic E-state index is 0.809. The van der Waals surface area contributed by atoms with Gasteiger partial charge in [-0.1, -0.05) is 24.6 Å². The summed E-state index contributed by atoms with van der Waals surface area (Å²) in [6.07, 6.45) is 3.23. The summed E-state index contributed by atoms with van der Waals surface area (Å²) in [6.45, 7) is 6.92. The van der Waals surface area contributed by atoms with E-state index in [1.54, 1.807) is 0 Å². The second kappa shape index (κ2) is 8.43. The molecule has 0 spiro atoms. The van der Waals surface area contributed by atoms with Crippen LogP contribution in [0, 0.1) is 6.92 Å². The quantitative estimate of drug-likeness (QED) is 0.719. The fraction of sp³-hybridized carbons (Fsp3) is 0.571. The van der Waals surface area contributed by atoms with Gasteiger partial charge in [-0.2, -0.15) is 11.8 Å². The highest BCUT2D eigenvalue weighted by molar-refractivity contribution is 7.98. The molecule has 0 bridgehead atoms. The van der Waals surface area contributed by atoms with Gasteiger partial charge in [0.2, 0.25) is 0 Å². The van der Waals surface area contributed by atoms with Crippen LogP contribution in [0.2, 0.25) is 0 Å². The van der Waals surface area contributed by atoms with Crippen molar-refractivity contribution in [2.75, 3.05) is 25.2 Å². The van der Waals surface area contributed by atoms with E-state index < -0.39 is 0 Å². The van der Waals surface area contributed by atoms with Gasteiger partial charge >= 0.3 is 0 Å². The molecule has 0 aromatic heterocycles. The van der Waals surface area contributed by atoms with Crippen LogP contribution in [0.25, 0.3) is 0 Å². The molecule has 0 aliphatic heterocycles. The minimum Gasteiger partial charge on any atom is -0.493 e. The molecular weight excluding hydrogens is 230 g/mol. The molecule has 3 heteroatoms. The molecule has 1 rings (SSSR count). The summed E-state index contributed by atoms with van der Waals surface area (Å²) in [5.74, 6) is 2.19. The smallest absolute Gasteiger partial charge is 0.123 e. The summed E-state index contributed by atoms with van der Waals surface area (Å²) in [7, 11) is 0. The first-order valence-electron chi connectivity index (χ1n) is 6.20. The predicted octanol–water partition coefficient (Wildman–Crippen LogP) is 3.24. The molecular formula is C14H23NOS. The van der Waals surface area contributed by atoms with Gasteiger partial charge in [0.25, 0.3) is 0 Å². The number of thioether (sulfide) groups is 1. The van der Waals surface area contributed by atoms with Crippen molar-refractivity contribution in [3.8, 4) is 5.75 Å². The Hall–Kier alpha value is -0.670. The lowest BCUT2D eigenvalue weighted by atomic mass is 10.1.